The van der Waals surface area contributed by atoms with E-state index >= 15 is 0 Å². The minimum Gasteiger partial charge on any atom is -0.388 e. The number of aromatic nitrogens is 1. The molecule has 1 saturated heterocycles. The molecule has 0 radical (unpaired) electrons. The molecular formula is C15H23NO2. The van der Waals surface area contributed by atoms with Crippen LogP contribution in [0.15, 0.2) is 18.5 Å². The summed E-state index contributed by atoms with van der Waals surface area (Å²) in [5.74, 6) is 0.521. The fourth-order valence-electron chi connectivity index (χ4n) is 2.83. The lowest BCUT2D eigenvalue weighted by molar-refractivity contribution is 0.101. The van der Waals surface area contributed by atoms with Crippen LogP contribution in [-0.2, 0) is 11.3 Å². The highest BCUT2D eigenvalue weighted by Crippen LogP contribution is 2.40. The highest BCUT2D eigenvalue weighted by molar-refractivity contribution is 5.16. The Labute approximate surface area is 109 Å². The average Bonchev–Trinajstić information content (AvgIpc) is 2.90. The first-order chi connectivity index (χ1) is 8.83. The fourth-order valence-corrected chi connectivity index (χ4v) is 2.83. The van der Waals surface area contributed by atoms with E-state index in [1.165, 1.54) is 32.1 Å². The van der Waals surface area contributed by atoms with Gasteiger partial charge in [0.2, 0.25) is 0 Å². The van der Waals surface area contributed by atoms with E-state index in [1.807, 2.05) is 0 Å². The van der Waals surface area contributed by atoms with Gasteiger partial charge in [0.15, 0.2) is 0 Å². The van der Waals surface area contributed by atoms with Crippen LogP contribution in [0, 0.1) is 5.92 Å². The zero-order chi connectivity index (χ0) is 12.4. The van der Waals surface area contributed by atoms with Crippen molar-refractivity contribution in [2.45, 2.75) is 57.3 Å². The Balaban J connectivity index is 1.44. The Morgan fingerprint density at radius 2 is 2.28 bits per heavy atom. The minimum atomic E-state index is -0.232. The number of rotatable bonds is 6. The molecule has 1 aromatic rings. The van der Waals surface area contributed by atoms with E-state index < -0.39 is 0 Å². The van der Waals surface area contributed by atoms with Crippen molar-refractivity contribution >= 4 is 0 Å². The molecule has 2 heterocycles. The van der Waals surface area contributed by atoms with Gasteiger partial charge in [-0.05, 0) is 56.1 Å². The molecule has 1 aliphatic carbocycles. The molecule has 1 aliphatic heterocycles. The molecule has 2 aliphatic rings. The van der Waals surface area contributed by atoms with E-state index in [2.05, 4.69) is 23.0 Å². The maximum absolute atomic E-state index is 10.0. The second kappa shape index (κ2) is 5.45. The summed E-state index contributed by atoms with van der Waals surface area (Å²) in [6.07, 6.45) is 11.6. The monoisotopic (exact) mass is 249 g/mol. The first-order valence-corrected chi connectivity index (χ1v) is 7.28. The van der Waals surface area contributed by atoms with Gasteiger partial charge in [-0.25, -0.2) is 0 Å². The highest BCUT2D eigenvalue weighted by Gasteiger charge is 2.31. The summed E-state index contributed by atoms with van der Waals surface area (Å²) in [6.45, 7) is 1.99. The lowest BCUT2D eigenvalue weighted by Gasteiger charge is -2.09. The van der Waals surface area contributed by atoms with Gasteiger partial charge in [0.05, 0.1) is 12.2 Å². The van der Waals surface area contributed by atoms with E-state index in [1.54, 1.807) is 0 Å². The lowest BCUT2D eigenvalue weighted by atomic mass is 10.1. The van der Waals surface area contributed by atoms with E-state index in [-0.39, 0.29) is 6.10 Å². The third kappa shape index (κ3) is 2.96. The summed E-state index contributed by atoms with van der Waals surface area (Å²) in [4.78, 5) is 0. The molecule has 1 saturated carbocycles. The first-order valence-electron chi connectivity index (χ1n) is 7.28. The molecule has 0 aromatic carbocycles. The molecule has 2 unspecified atom stereocenters. The molecule has 3 rings (SSSR count). The number of nitrogens with zero attached hydrogens (tertiary/aromatic N) is 1. The molecule has 0 bridgehead atoms. The Bertz CT molecular complexity index is 378. The first kappa shape index (κ1) is 12.2. The van der Waals surface area contributed by atoms with Gasteiger partial charge in [-0.15, -0.1) is 0 Å². The van der Waals surface area contributed by atoms with Crippen molar-refractivity contribution in [2.75, 3.05) is 6.61 Å². The van der Waals surface area contributed by atoms with Crippen molar-refractivity contribution in [2.24, 2.45) is 5.92 Å². The van der Waals surface area contributed by atoms with Gasteiger partial charge in [-0.3, -0.25) is 0 Å². The van der Waals surface area contributed by atoms with E-state index in [0.29, 0.717) is 12.0 Å². The number of hydrogen-bond acceptors (Lipinski definition) is 2. The molecule has 0 amide bonds. The minimum absolute atomic E-state index is 0.232. The Hall–Kier alpha value is -0.800. The van der Waals surface area contributed by atoms with Gasteiger partial charge in [0, 0.05) is 25.5 Å². The van der Waals surface area contributed by atoms with Crippen LogP contribution in [-0.4, -0.2) is 22.4 Å². The van der Waals surface area contributed by atoms with Gasteiger partial charge in [0.1, 0.15) is 0 Å². The summed E-state index contributed by atoms with van der Waals surface area (Å²) in [6, 6.07) is 2.06. The Morgan fingerprint density at radius 1 is 1.39 bits per heavy atom. The number of ether oxygens (including phenoxy) is 1. The summed E-state index contributed by atoms with van der Waals surface area (Å²) in [5.41, 5.74) is 1.09. The Morgan fingerprint density at radius 3 is 3.00 bits per heavy atom. The van der Waals surface area contributed by atoms with Crippen LogP contribution in [0.1, 0.15) is 50.2 Å². The molecule has 3 heteroatoms. The molecular weight excluding hydrogens is 226 g/mol. The van der Waals surface area contributed by atoms with Crippen LogP contribution in [0.2, 0.25) is 0 Å². The third-order valence-electron chi connectivity index (χ3n) is 4.15. The van der Waals surface area contributed by atoms with Crippen LogP contribution in [0.4, 0.5) is 0 Å². The highest BCUT2D eigenvalue weighted by atomic mass is 16.5. The SMILES string of the molecule is OC(c1ccn(CCCC2CCCO2)c1)C1CC1. The van der Waals surface area contributed by atoms with Gasteiger partial charge >= 0.3 is 0 Å². The van der Waals surface area contributed by atoms with Crippen molar-refractivity contribution in [3.05, 3.63) is 24.0 Å². The van der Waals surface area contributed by atoms with Crippen LogP contribution < -0.4 is 0 Å². The average molecular weight is 249 g/mol. The number of aliphatic hydroxyl groups excluding tert-OH is 1. The van der Waals surface area contributed by atoms with Crippen molar-refractivity contribution in [3.8, 4) is 0 Å². The standard InChI is InChI=1S/C15H23NO2/c17-15(12-5-6-12)13-7-9-16(11-13)8-1-3-14-4-2-10-18-14/h7,9,11-12,14-15,17H,1-6,8,10H2. The molecule has 18 heavy (non-hydrogen) atoms. The van der Waals surface area contributed by atoms with Crippen LogP contribution >= 0.6 is 0 Å². The van der Waals surface area contributed by atoms with Crippen molar-refractivity contribution in [1.29, 1.82) is 0 Å². The fraction of sp³-hybridized carbons (Fsp3) is 0.733. The predicted octanol–water partition coefficient (Wildman–Crippen LogP) is 2.89. The summed E-state index contributed by atoms with van der Waals surface area (Å²) in [7, 11) is 0. The zero-order valence-corrected chi connectivity index (χ0v) is 10.9. The molecule has 100 valence electrons. The molecule has 1 N–H and O–H groups in total. The second-order valence-electron chi connectivity index (χ2n) is 5.74. The number of hydrogen-bond donors (Lipinski definition) is 1. The third-order valence-corrected chi connectivity index (χ3v) is 4.15. The molecule has 0 spiro atoms. The number of aliphatic hydroxyl groups is 1. The normalized spacial score (nSPS) is 25.5. The van der Waals surface area contributed by atoms with E-state index in [4.69, 9.17) is 4.74 Å². The largest absolute Gasteiger partial charge is 0.388 e. The van der Waals surface area contributed by atoms with Crippen LogP contribution in [0.25, 0.3) is 0 Å². The lowest BCUT2D eigenvalue weighted by Crippen LogP contribution is -2.06. The summed E-state index contributed by atoms with van der Waals surface area (Å²) in [5, 5.41) is 10.0. The summed E-state index contributed by atoms with van der Waals surface area (Å²) < 4.78 is 7.83. The second-order valence-corrected chi connectivity index (χ2v) is 5.74. The van der Waals surface area contributed by atoms with Crippen molar-refractivity contribution < 1.29 is 9.84 Å². The van der Waals surface area contributed by atoms with Gasteiger partial charge in [-0.2, -0.15) is 0 Å². The molecule has 3 nitrogen and oxygen atoms in total. The van der Waals surface area contributed by atoms with Crippen LogP contribution in [0.5, 0.6) is 0 Å². The van der Waals surface area contributed by atoms with Crippen molar-refractivity contribution in [1.82, 2.24) is 4.57 Å². The van der Waals surface area contributed by atoms with Gasteiger partial charge < -0.3 is 14.4 Å². The van der Waals surface area contributed by atoms with E-state index in [0.717, 1.165) is 25.1 Å². The smallest absolute Gasteiger partial charge is 0.0832 e. The Kier molecular flexibility index (Phi) is 3.71. The van der Waals surface area contributed by atoms with Crippen molar-refractivity contribution in [3.63, 3.8) is 0 Å². The van der Waals surface area contributed by atoms with Crippen LogP contribution in [0.3, 0.4) is 0 Å². The molecule has 1 aromatic heterocycles. The van der Waals surface area contributed by atoms with E-state index in [9.17, 15) is 5.11 Å². The molecule has 2 fully saturated rings. The maximum Gasteiger partial charge on any atom is 0.0832 e. The molecule has 2 atom stereocenters. The van der Waals surface area contributed by atoms with Gasteiger partial charge in [-0.1, -0.05) is 0 Å². The number of aryl methyl sites for hydroxylation is 1. The predicted molar refractivity (Wildman–Crippen MR) is 70.3 cm³/mol. The summed E-state index contributed by atoms with van der Waals surface area (Å²) >= 11 is 0. The van der Waals surface area contributed by atoms with Gasteiger partial charge in [0.25, 0.3) is 0 Å². The topological polar surface area (TPSA) is 34.4 Å². The quantitative estimate of drug-likeness (QED) is 0.841. The zero-order valence-electron chi connectivity index (χ0n) is 10.9. The maximum atomic E-state index is 10.0.